The molecule has 0 radical (unpaired) electrons. The summed E-state index contributed by atoms with van der Waals surface area (Å²) in [7, 11) is 0. The smallest absolute Gasteiger partial charge is 0.00675 e. The third kappa shape index (κ3) is 2.75. The molecule has 1 aromatic rings. The first-order chi connectivity index (χ1) is 10.8. The van der Waals surface area contributed by atoms with Crippen molar-refractivity contribution in [1.82, 2.24) is 10.2 Å². The Morgan fingerprint density at radius 2 is 2.05 bits per heavy atom. The lowest BCUT2D eigenvalue weighted by atomic mass is 9.90. The van der Waals surface area contributed by atoms with Gasteiger partial charge >= 0.3 is 0 Å². The Balaban J connectivity index is 1.38. The third-order valence-corrected chi connectivity index (χ3v) is 6.05. The Morgan fingerprint density at radius 3 is 2.82 bits per heavy atom. The minimum Gasteiger partial charge on any atom is -0.316 e. The van der Waals surface area contributed by atoms with E-state index in [2.05, 4.69) is 47.5 Å². The Hall–Kier alpha value is -1.12. The van der Waals surface area contributed by atoms with Gasteiger partial charge in [0, 0.05) is 25.0 Å². The number of allylic oxidation sites excluding steroid dienone is 1. The fourth-order valence-corrected chi connectivity index (χ4v) is 4.57. The van der Waals surface area contributed by atoms with Crippen molar-refractivity contribution >= 4 is 5.57 Å². The topological polar surface area (TPSA) is 15.3 Å². The third-order valence-electron chi connectivity index (χ3n) is 6.05. The number of nitrogens with one attached hydrogen (secondary N) is 1. The summed E-state index contributed by atoms with van der Waals surface area (Å²) in [6.07, 6.45) is 7.70. The average molecular weight is 296 g/mol. The van der Waals surface area contributed by atoms with E-state index >= 15 is 0 Å². The van der Waals surface area contributed by atoms with Crippen molar-refractivity contribution in [3.8, 4) is 0 Å². The first-order valence-electron chi connectivity index (χ1n) is 9.05. The first kappa shape index (κ1) is 14.5. The van der Waals surface area contributed by atoms with Crippen LogP contribution < -0.4 is 5.32 Å². The van der Waals surface area contributed by atoms with Gasteiger partial charge in [-0.15, -0.1) is 0 Å². The van der Waals surface area contributed by atoms with Gasteiger partial charge in [-0.1, -0.05) is 30.3 Å². The maximum Gasteiger partial charge on any atom is 0.00675 e. The molecule has 1 aromatic carbocycles. The summed E-state index contributed by atoms with van der Waals surface area (Å²) in [6.45, 7) is 7.26. The molecular weight excluding hydrogens is 268 g/mol. The highest BCUT2D eigenvalue weighted by atomic mass is 15.2. The lowest BCUT2D eigenvalue weighted by Gasteiger charge is -2.20. The Labute approximate surface area is 134 Å². The zero-order valence-corrected chi connectivity index (χ0v) is 13.7. The van der Waals surface area contributed by atoms with Gasteiger partial charge in [-0.2, -0.15) is 0 Å². The van der Waals surface area contributed by atoms with Crippen molar-refractivity contribution in [3.63, 3.8) is 0 Å². The fraction of sp³-hybridized carbons (Fsp3) is 0.600. The summed E-state index contributed by atoms with van der Waals surface area (Å²) in [5, 5.41) is 3.54. The van der Waals surface area contributed by atoms with Crippen LogP contribution in [0.4, 0.5) is 0 Å². The lowest BCUT2D eigenvalue weighted by molar-refractivity contribution is 0.272. The second-order valence-corrected chi connectivity index (χ2v) is 7.39. The number of fused-ring (bicyclic) bond motifs is 1. The van der Waals surface area contributed by atoms with Crippen molar-refractivity contribution in [2.45, 2.75) is 38.6 Å². The fourth-order valence-electron chi connectivity index (χ4n) is 4.57. The van der Waals surface area contributed by atoms with E-state index in [-0.39, 0.29) is 0 Å². The predicted molar refractivity (Wildman–Crippen MR) is 92.9 cm³/mol. The second-order valence-electron chi connectivity index (χ2n) is 7.39. The van der Waals surface area contributed by atoms with Gasteiger partial charge in [-0.05, 0) is 68.3 Å². The van der Waals surface area contributed by atoms with Gasteiger partial charge < -0.3 is 10.2 Å². The van der Waals surface area contributed by atoms with Gasteiger partial charge in [0.25, 0.3) is 0 Å². The molecule has 3 atom stereocenters. The average Bonchev–Trinajstić information content (AvgIpc) is 3.22. The van der Waals surface area contributed by atoms with E-state index in [0.717, 1.165) is 17.9 Å². The molecule has 22 heavy (non-hydrogen) atoms. The van der Waals surface area contributed by atoms with E-state index in [1.807, 2.05) is 0 Å². The number of rotatable bonds is 4. The Bertz CT molecular complexity index is 545. The predicted octanol–water partition coefficient (Wildman–Crippen LogP) is 3.34. The van der Waals surface area contributed by atoms with Gasteiger partial charge in [0.1, 0.15) is 0 Å². The van der Waals surface area contributed by atoms with Crippen molar-refractivity contribution < 1.29 is 0 Å². The van der Waals surface area contributed by atoms with Crippen LogP contribution in [0.15, 0.2) is 30.3 Å². The minimum absolute atomic E-state index is 0.760. The molecule has 3 aliphatic rings. The normalized spacial score (nSPS) is 31.5. The van der Waals surface area contributed by atoms with Crippen LogP contribution in [0.3, 0.4) is 0 Å². The van der Waals surface area contributed by atoms with Crippen LogP contribution in [0.2, 0.25) is 0 Å². The molecule has 0 spiro atoms. The number of benzene rings is 1. The molecule has 0 bridgehead atoms. The molecule has 0 aromatic heterocycles. The zero-order chi connectivity index (χ0) is 14.9. The lowest BCUT2D eigenvalue weighted by Crippen LogP contribution is -2.28. The molecule has 118 valence electrons. The molecule has 2 nitrogen and oxygen atoms in total. The number of hydrogen-bond donors (Lipinski definition) is 1. The van der Waals surface area contributed by atoms with E-state index in [9.17, 15) is 0 Å². The molecule has 1 aliphatic carbocycles. The number of likely N-dealkylation sites (tertiary alicyclic amines) is 1. The van der Waals surface area contributed by atoms with Gasteiger partial charge in [-0.25, -0.2) is 0 Å². The summed E-state index contributed by atoms with van der Waals surface area (Å²) in [5.41, 5.74) is 4.53. The van der Waals surface area contributed by atoms with E-state index in [0.29, 0.717) is 0 Å². The van der Waals surface area contributed by atoms with Crippen molar-refractivity contribution in [2.24, 2.45) is 11.8 Å². The summed E-state index contributed by atoms with van der Waals surface area (Å²) >= 11 is 0. The SMILES string of the molecule is CC1CCCN1CCc1ccc(C2=CC[C@@H]3CNC[C@H]23)cc1. The van der Waals surface area contributed by atoms with Gasteiger partial charge in [0.05, 0.1) is 0 Å². The molecule has 2 fully saturated rings. The number of nitrogens with zero attached hydrogens (tertiary/aromatic N) is 1. The van der Waals surface area contributed by atoms with Crippen molar-refractivity contribution in [3.05, 3.63) is 41.5 Å². The summed E-state index contributed by atoms with van der Waals surface area (Å²) in [6, 6.07) is 10.2. The van der Waals surface area contributed by atoms with Crippen LogP contribution in [0.5, 0.6) is 0 Å². The highest BCUT2D eigenvalue weighted by Gasteiger charge is 2.33. The molecule has 0 saturated carbocycles. The minimum atomic E-state index is 0.760. The zero-order valence-electron chi connectivity index (χ0n) is 13.7. The highest BCUT2D eigenvalue weighted by Crippen LogP contribution is 2.40. The summed E-state index contributed by atoms with van der Waals surface area (Å²) in [5.74, 6) is 1.61. The van der Waals surface area contributed by atoms with E-state index in [4.69, 9.17) is 0 Å². The first-order valence-corrected chi connectivity index (χ1v) is 9.05. The Kier molecular flexibility index (Phi) is 4.06. The van der Waals surface area contributed by atoms with Crippen molar-refractivity contribution in [1.29, 1.82) is 0 Å². The van der Waals surface area contributed by atoms with Crippen LogP contribution in [-0.4, -0.2) is 37.1 Å². The maximum absolute atomic E-state index is 3.54. The standard InChI is InChI=1S/C20H28N2/c1-15-3-2-11-22(15)12-10-16-4-6-17(7-5-16)19-9-8-18-13-21-14-20(18)19/h4-7,9,15,18,20-21H,2-3,8,10-14H2,1H3/t15?,18-,20+/m1/s1. The van der Waals surface area contributed by atoms with Gasteiger partial charge in [-0.3, -0.25) is 0 Å². The monoisotopic (exact) mass is 296 g/mol. The number of hydrogen-bond acceptors (Lipinski definition) is 2. The molecule has 2 heterocycles. The largest absolute Gasteiger partial charge is 0.316 e. The quantitative estimate of drug-likeness (QED) is 0.917. The molecule has 1 unspecified atom stereocenters. The Morgan fingerprint density at radius 1 is 1.18 bits per heavy atom. The molecule has 1 N–H and O–H groups in total. The molecule has 2 saturated heterocycles. The van der Waals surface area contributed by atoms with Crippen LogP contribution >= 0.6 is 0 Å². The molecule has 2 heteroatoms. The van der Waals surface area contributed by atoms with Crippen LogP contribution in [0.25, 0.3) is 5.57 Å². The summed E-state index contributed by atoms with van der Waals surface area (Å²) in [4.78, 5) is 2.64. The van der Waals surface area contributed by atoms with Crippen LogP contribution in [0, 0.1) is 11.8 Å². The van der Waals surface area contributed by atoms with E-state index in [1.165, 1.54) is 63.0 Å². The highest BCUT2D eigenvalue weighted by molar-refractivity contribution is 5.70. The van der Waals surface area contributed by atoms with Gasteiger partial charge in [0.2, 0.25) is 0 Å². The van der Waals surface area contributed by atoms with Gasteiger partial charge in [0.15, 0.2) is 0 Å². The van der Waals surface area contributed by atoms with E-state index in [1.54, 1.807) is 5.57 Å². The van der Waals surface area contributed by atoms with E-state index < -0.39 is 0 Å². The maximum atomic E-state index is 3.54. The molecular formula is C20H28N2. The van der Waals surface area contributed by atoms with Crippen molar-refractivity contribution in [2.75, 3.05) is 26.2 Å². The molecule has 0 amide bonds. The van der Waals surface area contributed by atoms with Crippen LogP contribution in [0.1, 0.15) is 37.3 Å². The molecule has 4 rings (SSSR count). The van der Waals surface area contributed by atoms with Crippen LogP contribution in [-0.2, 0) is 6.42 Å². The molecule has 2 aliphatic heterocycles. The summed E-state index contributed by atoms with van der Waals surface area (Å²) < 4.78 is 0. The second kappa shape index (κ2) is 6.17.